The van der Waals surface area contributed by atoms with Crippen LogP contribution in [0.5, 0.6) is 0 Å². The van der Waals surface area contributed by atoms with Gasteiger partial charge >= 0.3 is 0 Å². The van der Waals surface area contributed by atoms with Crippen molar-refractivity contribution in [3.63, 3.8) is 0 Å². The van der Waals surface area contributed by atoms with Crippen molar-refractivity contribution >= 4 is 0 Å². The molecule has 1 aromatic rings. The van der Waals surface area contributed by atoms with E-state index in [1.165, 1.54) is 43.6 Å². The van der Waals surface area contributed by atoms with E-state index < -0.39 is 0 Å². The van der Waals surface area contributed by atoms with Gasteiger partial charge in [0.15, 0.2) is 0 Å². The van der Waals surface area contributed by atoms with Crippen LogP contribution in [0, 0.1) is 11.3 Å². The molecule has 1 saturated heterocycles. The standard InChI is InChI=1S/C18H31N3/c1-18(2,3)16-6-5-10-21(11-9-16)14-17-8-7-15(12-19-4)13-20-17/h7-8,13,16,19H,5-6,9-12,14H2,1-4H3. The summed E-state index contributed by atoms with van der Waals surface area (Å²) in [4.78, 5) is 7.18. The molecule has 2 heterocycles. The molecule has 0 bridgehead atoms. The Labute approximate surface area is 130 Å². The molecule has 1 aliphatic rings. The predicted octanol–water partition coefficient (Wildman–Crippen LogP) is 3.45. The lowest BCUT2D eigenvalue weighted by atomic mass is 9.77. The first-order valence-corrected chi connectivity index (χ1v) is 8.30. The molecule has 2 rings (SSSR count). The summed E-state index contributed by atoms with van der Waals surface area (Å²) in [5.74, 6) is 0.855. The van der Waals surface area contributed by atoms with Crippen molar-refractivity contribution < 1.29 is 0 Å². The Balaban J connectivity index is 1.88. The zero-order chi connectivity index (χ0) is 15.3. The minimum Gasteiger partial charge on any atom is -0.316 e. The summed E-state index contributed by atoms with van der Waals surface area (Å²) in [6.45, 7) is 11.5. The minimum atomic E-state index is 0.447. The van der Waals surface area contributed by atoms with E-state index in [1.807, 2.05) is 13.2 Å². The van der Waals surface area contributed by atoms with Gasteiger partial charge in [0.2, 0.25) is 0 Å². The van der Waals surface area contributed by atoms with Gasteiger partial charge in [0.25, 0.3) is 0 Å². The van der Waals surface area contributed by atoms with E-state index in [2.05, 4.69) is 48.1 Å². The number of aromatic nitrogens is 1. The van der Waals surface area contributed by atoms with Gasteiger partial charge in [-0.05, 0) is 62.4 Å². The molecule has 0 amide bonds. The van der Waals surface area contributed by atoms with Crippen LogP contribution < -0.4 is 5.32 Å². The molecular formula is C18H31N3. The first-order chi connectivity index (χ1) is 9.99. The fourth-order valence-electron chi connectivity index (χ4n) is 3.27. The summed E-state index contributed by atoms with van der Waals surface area (Å²) >= 11 is 0. The fraction of sp³-hybridized carbons (Fsp3) is 0.722. The van der Waals surface area contributed by atoms with Gasteiger partial charge < -0.3 is 5.32 Å². The molecule has 1 fully saturated rings. The van der Waals surface area contributed by atoms with Gasteiger partial charge in [-0.3, -0.25) is 9.88 Å². The maximum atomic E-state index is 4.61. The normalized spacial score (nSPS) is 21.2. The third-order valence-corrected chi connectivity index (χ3v) is 4.70. The summed E-state index contributed by atoms with van der Waals surface area (Å²) in [5, 5.41) is 3.16. The molecule has 118 valence electrons. The lowest BCUT2D eigenvalue weighted by Gasteiger charge is -2.29. The molecule has 1 unspecified atom stereocenters. The summed E-state index contributed by atoms with van der Waals surface area (Å²) in [5.41, 5.74) is 2.90. The van der Waals surface area contributed by atoms with Crippen molar-refractivity contribution in [1.82, 2.24) is 15.2 Å². The van der Waals surface area contributed by atoms with Gasteiger partial charge in [0.05, 0.1) is 5.69 Å². The lowest BCUT2D eigenvalue weighted by Crippen LogP contribution is -2.26. The molecule has 0 radical (unpaired) electrons. The molecule has 1 atom stereocenters. The van der Waals surface area contributed by atoms with Crippen LogP contribution >= 0.6 is 0 Å². The highest BCUT2D eigenvalue weighted by molar-refractivity contribution is 5.13. The number of rotatable bonds is 4. The van der Waals surface area contributed by atoms with E-state index in [0.29, 0.717) is 5.41 Å². The average molecular weight is 289 g/mol. The van der Waals surface area contributed by atoms with Crippen LogP contribution in [0.2, 0.25) is 0 Å². The Morgan fingerprint density at radius 2 is 2.05 bits per heavy atom. The largest absolute Gasteiger partial charge is 0.316 e. The van der Waals surface area contributed by atoms with Crippen molar-refractivity contribution in [3.05, 3.63) is 29.6 Å². The summed E-state index contributed by atoms with van der Waals surface area (Å²) in [6, 6.07) is 4.37. The van der Waals surface area contributed by atoms with Crippen LogP contribution in [0.3, 0.4) is 0 Å². The molecule has 1 aliphatic heterocycles. The highest BCUT2D eigenvalue weighted by Gasteiger charge is 2.27. The van der Waals surface area contributed by atoms with Crippen LogP contribution in [0.15, 0.2) is 18.3 Å². The van der Waals surface area contributed by atoms with E-state index in [4.69, 9.17) is 0 Å². The van der Waals surface area contributed by atoms with Crippen molar-refractivity contribution in [2.75, 3.05) is 20.1 Å². The van der Waals surface area contributed by atoms with Gasteiger partial charge in [0.1, 0.15) is 0 Å². The van der Waals surface area contributed by atoms with E-state index >= 15 is 0 Å². The molecular weight excluding hydrogens is 258 g/mol. The molecule has 0 saturated carbocycles. The van der Waals surface area contributed by atoms with Gasteiger partial charge in [0, 0.05) is 19.3 Å². The number of nitrogens with zero attached hydrogens (tertiary/aromatic N) is 2. The monoisotopic (exact) mass is 289 g/mol. The van der Waals surface area contributed by atoms with Crippen LogP contribution in [-0.4, -0.2) is 30.0 Å². The van der Waals surface area contributed by atoms with Crippen molar-refractivity contribution in [2.24, 2.45) is 11.3 Å². The summed E-state index contributed by atoms with van der Waals surface area (Å²) in [6.07, 6.45) is 6.01. The van der Waals surface area contributed by atoms with Crippen LogP contribution in [0.25, 0.3) is 0 Å². The second-order valence-electron chi connectivity index (χ2n) is 7.46. The maximum Gasteiger partial charge on any atom is 0.0544 e. The summed E-state index contributed by atoms with van der Waals surface area (Å²) < 4.78 is 0. The number of pyridine rings is 1. The molecule has 1 N–H and O–H groups in total. The van der Waals surface area contributed by atoms with E-state index in [1.54, 1.807) is 0 Å². The maximum absolute atomic E-state index is 4.61. The van der Waals surface area contributed by atoms with Crippen molar-refractivity contribution in [1.29, 1.82) is 0 Å². The first-order valence-electron chi connectivity index (χ1n) is 8.30. The third kappa shape index (κ3) is 5.08. The fourth-order valence-corrected chi connectivity index (χ4v) is 3.27. The highest BCUT2D eigenvalue weighted by Crippen LogP contribution is 2.34. The summed E-state index contributed by atoms with van der Waals surface area (Å²) in [7, 11) is 1.97. The number of nitrogens with one attached hydrogen (secondary N) is 1. The Morgan fingerprint density at radius 1 is 1.24 bits per heavy atom. The topological polar surface area (TPSA) is 28.2 Å². The van der Waals surface area contributed by atoms with Gasteiger partial charge in [-0.2, -0.15) is 0 Å². The quantitative estimate of drug-likeness (QED) is 0.920. The van der Waals surface area contributed by atoms with Crippen molar-refractivity contribution in [2.45, 2.75) is 53.1 Å². The third-order valence-electron chi connectivity index (χ3n) is 4.70. The highest BCUT2D eigenvalue weighted by atomic mass is 15.1. The van der Waals surface area contributed by atoms with Crippen LogP contribution in [0.1, 0.15) is 51.3 Å². The SMILES string of the molecule is CNCc1ccc(CN2CCCC(C(C)(C)C)CC2)nc1. The molecule has 0 aliphatic carbocycles. The Hall–Kier alpha value is -0.930. The predicted molar refractivity (Wildman–Crippen MR) is 89.1 cm³/mol. The Kier molecular flexibility index (Phi) is 5.77. The Morgan fingerprint density at radius 3 is 2.67 bits per heavy atom. The minimum absolute atomic E-state index is 0.447. The van der Waals surface area contributed by atoms with Gasteiger partial charge in [-0.1, -0.05) is 26.8 Å². The number of hydrogen-bond donors (Lipinski definition) is 1. The van der Waals surface area contributed by atoms with Crippen LogP contribution in [0.4, 0.5) is 0 Å². The van der Waals surface area contributed by atoms with Crippen molar-refractivity contribution in [3.8, 4) is 0 Å². The zero-order valence-corrected chi connectivity index (χ0v) is 14.2. The van der Waals surface area contributed by atoms with Crippen LogP contribution in [-0.2, 0) is 13.1 Å². The van der Waals surface area contributed by atoms with E-state index in [0.717, 1.165) is 19.0 Å². The number of likely N-dealkylation sites (tertiary alicyclic amines) is 1. The second kappa shape index (κ2) is 7.37. The molecule has 3 heteroatoms. The molecule has 0 aromatic carbocycles. The molecule has 21 heavy (non-hydrogen) atoms. The van der Waals surface area contributed by atoms with E-state index in [-0.39, 0.29) is 0 Å². The smallest absolute Gasteiger partial charge is 0.0544 e. The van der Waals surface area contributed by atoms with E-state index in [9.17, 15) is 0 Å². The second-order valence-corrected chi connectivity index (χ2v) is 7.46. The zero-order valence-electron chi connectivity index (χ0n) is 14.2. The molecule has 3 nitrogen and oxygen atoms in total. The first kappa shape index (κ1) is 16.4. The Bertz CT molecular complexity index is 419. The molecule has 0 spiro atoms. The lowest BCUT2D eigenvalue weighted by molar-refractivity contribution is 0.206. The van der Waals surface area contributed by atoms with Gasteiger partial charge in [-0.25, -0.2) is 0 Å². The number of hydrogen-bond acceptors (Lipinski definition) is 3. The van der Waals surface area contributed by atoms with Gasteiger partial charge in [-0.15, -0.1) is 0 Å². The molecule has 1 aromatic heterocycles. The average Bonchev–Trinajstić information content (AvgIpc) is 2.66.